The summed E-state index contributed by atoms with van der Waals surface area (Å²) in [4.78, 5) is 2.06. The number of nitrogens with zero attached hydrogens (tertiary/aromatic N) is 3. The first-order chi connectivity index (χ1) is 9.90. The van der Waals surface area contributed by atoms with Crippen molar-refractivity contribution >= 4 is 35.3 Å². The summed E-state index contributed by atoms with van der Waals surface area (Å²) in [6, 6.07) is 8.39. The molecule has 1 aromatic carbocycles. The Morgan fingerprint density at radius 2 is 1.77 bits per heavy atom. The van der Waals surface area contributed by atoms with Gasteiger partial charge in [-0.2, -0.15) is 5.10 Å². The maximum atomic E-state index is 6.01. The number of nitrogen functional groups attached to an aromatic ring is 2. The molecule has 0 spiro atoms. The minimum Gasteiger partial charge on any atom is -0.394 e. The van der Waals surface area contributed by atoms with Crippen LogP contribution in [0.15, 0.2) is 24.3 Å². The van der Waals surface area contributed by atoms with Crippen molar-refractivity contribution in [3.05, 3.63) is 30.0 Å². The van der Waals surface area contributed by atoms with E-state index in [4.69, 9.17) is 11.5 Å². The fraction of sp³-hybridized carbons (Fsp3) is 0.400. The molecule has 5 N–H and O–H groups in total. The molecule has 0 aliphatic carbocycles. The number of hydrogen-bond donors (Lipinski definition) is 3. The normalized spacial score (nSPS) is 10.4. The molecule has 0 bridgehead atoms. The van der Waals surface area contributed by atoms with Crippen LogP contribution in [0.4, 0.5) is 22.9 Å². The molecule has 0 unspecified atom stereocenters. The smallest absolute Gasteiger partial charge is 0.145 e. The Morgan fingerprint density at radius 3 is 2.23 bits per heavy atom. The third-order valence-electron chi connectivity index (χ3n) is 3.39. The largest absolute Gasteiger partial charge is 0.394 e. The third-order valence-corrected chi connectivity index (χ3v) is 3.39. The summed E-state index contributed by atoms with van der Waals surface area (Å²) in [5, 5.41) is 7.78. The van der Waals surface area contributed by atoms with Crippen LogP contribution in [0.1, 0.15) is 25.6 Å². The van der Waals surface area contributed by atoms with Gasteiger partial charge >= 0.3 is 0 Å². The Labute approximate surface area is 137 Å². The van der Waals surface area contributed by atoms with Crippen molar-refractivity contribution in [1.82, 2.24) is 9.78 Å². The quantitative estimate of drug-likeness (QED) is 0.787. The molecular formula is C15H25ClN6. The van der Waals surface area contributed by atoms with E-state index in [1.165, 1.54) is 0 Å². The predicted molar refractivity (Wildman–Crippen MR) is 96.8 cm³/mol. The lowest BCUT2D eigenvalue weighted by Crippen LogP contribution is -2.09. The highest BCUT2D eigenvalue weighted by Crippen LogP contribution is 2.24. The third kappa shape index (κ3) is 3.76. The molecule has 2 aromatic rings. The van der Waals surface area contributed by atoms with E-state index < -0.39 is 0 Å². The summed E-state index contributed by atoms with van der Waals surface area (Å²) in [5.41, 5.74) is 15.5. The van der Waals surface area contributed by atoms with Crippen LogP contribution in [0.25, 0.3) is 0 Å². The molecule has 0 aliphatic heterocycles. The van der Waals surface area contributed by atoms with Gasteiger partial charge in [0.25, 0.3) is 0 Å². The van der Waals surface area contributed by atoms with Gasteiger partial charge in [-0.1, -0.05) is 0 Å². The van der Waals surface area contributed by atoms with Crippen molar-refractivity contribution < 1.29 is 0 Å². The van der Waals surface area contributed by atoms with Gasteiger partial charge in [0, 0.05) is 31.5 Å². The SMILES string of the molecule is CC(C)n1nc(CNc2ccc(N(C)C)cc2)c(N)c1N.Cl. The van der Waals surface area contributed by atoms with Gasteiger partial charge in [0.05, 0.1) is 12.2 Å². The molecule has 0 amide bonds. The van der Waals surface area contributed by atoms with E-state index in [1.807, 2.05) is 40.1 Å². The average molecular weight is 325 g/mol. The van der Waals surface area contributed by atoms with Crippen LogP contribution in [0.3, 0.4) is 0 Å². The summed E-state index contributed by atoms with van der Waals surface area (Å²) >= 11 is 0. The zero-order valence-corrected chi connectivity index (χ0v) is 14.3. The Balaban J connectivity index is 0.00000242. The first-order valence-corrected chi connectivity index (χ1v) is 7.03. The zero-order valence-electron chi connectivity index (χ0n) is 13.5. The second-order valence-electron chi connectivity index (χ2n) is 5.58. The molecule has 1 aromatic heterocycles. The standard InChI is InChI=1S/C15H24N6.ClH/c1-10(2)21-15(17)14(16)13(19-21)9-18-11-5-7-12(8-6-11)20(3)4;/h5-8,10,18H,9,16-17H2,1-4H3;1H. The van der Waals surface area contributed by atoms with Crippen LogP contribution in [0, 0.1) is 0 Å². The molecule has 0 saturated carbocycles. The Morgan fingerprint density at radius 1 is 1.18 bits per heavy atom. The fourth-order valence-electron chi connectivity index (χ4n) is 2.10. The first-order valence-electron chi connectivity index (χ1n) is 7.03. The topological polar surface area (TPSA) is 85.1 Å². The van der Waals surface area contributed by atoms with Crippen LogP contribution in [-0.4, -0.2) is 23.9 Å². The molecule has 0 atom stereocenters. The predicted octanol–water partition coefficient (Wildman–Crippen LogP) is 2.73. The average Bonchev–Trinajstić information content (AvgIpc) is 2.73. The molecule has 1 heterocycles. The molecule has 0 saturated heterocycles. The van der Waals surface area contributed by atoms with Crippen molar-refractivity contribution in [3.8, 4) is 0 Å². The number of nitrogens with two attached hydrogens (primary N) is 2. The van der Waals surface area contributed by atoms with E-state index in [9.17, 15) is 0 Å². The molecule has 2 rings (SSSR count). The molecule has 0 aliphatic rings. The lowest BCUT2D eigenvalue weighted by atomic mass is 10.2. The summed E-state index contributed by atoms with van der Waals surface area (Å²) in [5.74, 6) is 0.532. The molecule has 22 heavy (non-hydrogen) atoms. The van der Waals surface area contributed by atoms with E-state index in [2.05, 4.69) is 27.4 Å². The van der Waals surface area contributed by atoms with Gasteiger partial charge in [-0.05, 0) is 38.1 Å². The van der Waals surface area contributed by atoms with Gasteiger partial charge in [-0.15, -0.1) is 12.4 Å². The highest BCUT2D eigenvalue weighted by Gasteiger charge is 2.14. The van der Waals surface area contributed by atoms with Gasteiger partial charge in [0.15, 0.2) is 0 Å². The Hall–Kier alpha value is -2.08. The zero-order chi connectivity index (χ0) is 15.6. The minimum atomic E-state index is 0. The number of rotatable bonds is 5. The maximum Gasteiger partial charge on any atom is 0.145 e. The van der Waals surface area contributed by atoms with Crippen LogP contribution in [0.2, 0.25) is 0 Å². The summed E-state index contributed by atoms with van der Waals surface area (Å²) in [6.45, 7) is 4.61. The Bertz CT molecular complexity index is 603. The molecule has 7 heteroatoms. The van der Waals surface area contributed by atoms with Crippen LogP contribution >= 0.6 is 12.4 Å². The monoisotopic (exact) mass is 324 g/mol. The van der Waals surface area contributed by atoms with Gasteiger partial charge in [0.2, 0.25) is 0 Å². The summed E-state index contributed by atoms with van der Waals surface area (Å²) in [6.07, 6.45) is 0. The fourth-order valence-corrected chi connectivity index (χ4v) is 2.10. The van der Waals surface area contributed by atoms with Crippen LogP contribution < -0.4 is 21.7 Å². The second-order valence-corrected chi connectivity index (χ2v) is 5.58. The van der Waals surface area contributed by atoms with Crippen molar-refractivity contribution in [2.24, 2.45) is 0 Å². The van der Waals surface area contributed by atoms with Gasteiger partial charge < -0.3 is 21.7 Å². The lowest BCUT2D eigenvalue weighted by molar-refractivity contribution is 0.535. The van der Waals surface area contributed by atoms with Gasteiger partial charge in [-0.25, -0.2) is 4.68 Å². The number of halogens is 1. The summed E-state index contributed by atoms with van der Waals surface area (Å²) < 4.78 is 1.75. The lowest BCUT2D eigenvalue weighted by Gasteiger charge is -2.13. The molecule has 0 fully saturated rings. The number of nitrogens with one attached hydrogen (secondary N) is 1. The highest BCUT2D eigenvalue weighted by atomic mass is 35.5. The van der Waals surface area contributed by atoms with E-state index in [0.717, 1.165) is 17.1 Å². The molecular weight excluding hydrogens is 300 g/mol. The minimum absolute atomic E-state index is 0. The second kappa shape index (κ2) is 7.26. The van der Waals surface area contributed by atoms with E-state index in [-0.39, 0.29) is 18.4 Å². The van der Waals surface area contributed by atoms with Crippen molar-refractivity contribution in [3.63, 3.8) is 0 Å². The van der Waals surface area contributed by atoms with Crippen LogP contribution in [-0.2, 0) is 6.54 Å². The van der Waals surface area contributed by atoms with Crippen molar-refractivity contribution in [2.45, 2.75) is 26.4 Å². The van der Waals surface area contributed by atoms with Crippen molar-refractivity contribution in [2.75, 3.05) is 35.8 Å². The van der Waals surface area contributed by atoms with Crippen LogP contribution in [0.5, 0.6) is 0 Å². The van der Waals surface area contributed by atoms with E-state index in [0.29, 0.717) is 18.1 Å². The van der Waals surface area contributed by atoms with Crippen molar-refractivity contribution in [1.29, 1.82) is 0 Å². The Kier molecular flexibility index (Phi) is 5.93. The van der Waals surface area contributed by atoms with E-state index >= 15 is 0 Å². The molecule has 6 nitrogen and oxygen atoms in total. The first kappa shape index (κ1) is 18.0. The molecule has 0 radical (unpaired) electrons. The number of hydrogen-bond acceptors (Lipinski definition) is 5. The number of benzene rings is 1. The molecule has 122 valence electrons. The maximum absolute atomic E-state index is 6.01. The van der Waals surface area contributed by atoms with Gasteiger partial charge in [0.1, 0.15) is 11.5 Å². The highest BCUT2D eigenvalue weighted by molar-refractivity contribution is 5.85. The van der Waals surface area contributed by atoms with E-state index in [1.54, 1.807) is 4.68 Å². The summed E-state index contributed by atoms with van der Waals surface area (Å²) in [7, 11) is 4.04. The number of aromatic nitrogens is 2. The van der Waals surface area contributed by atoms with Gasteiger partial charge in [-0.3, -0.25) is 0 Å². The number of anilines is 4.